The van der Waals surface area contributed by atoms with Gasteiger partial charge >= 0.3 is 0 Å². The summed E-state index contributed by atoms with van der Waals surface area (Å²) in [5, 5.41) is 6.31. The van der Waals surface area contributed by atoms with Gasteiger partial charge in [-0.3, -0.25) is 4.99 Å². The molecule has 16 heavy (non-hydrogen) atoms. The molecular formula is C10H24IN3O2. The fourth-order valence-electron chi connectivity index (χ4n) is 1.01. The summed E-state index contributed by atoms with van der Waals surface area (Å²) in [5.41, 5.74) is 0. The van der Waals surface area contributed by atoms with Gasteiger partial charge in [-0.05, 0) is 13.3 Å². The van der Waals surface area contributed by atoms with E-state index in [1.807, 2.05) is 6.92 Å². The quantitative estimate of drug-likeness (QED) is 0.296. The lowest BCUT2D eigenvalue weighted by atomic mass is 10.4. The highest BCUT2D eigenvalue weighted by Crippen LogP contribution is 1.81. The predicted octanol–water partition coefficient (Wildman–Crippen LogP) is 0.842. The van der Waals surface area contributed by atoms with Crippen molar-refractivity contribution in [2.75, 3.05) is 47.1 Å². The van der Waals surface area contributed by atoms with Crippen LogP contribution in [-0.4, -0.2) is 53.0 Å². The van der Waals surface area contributed by atoms with Gasteiger partial charge in [-0.25, -0.2) is 0 Å². The summed E-state index contributed by atoms with van der Waals surface area (Å²) in [6.45, 7) is 5.86. The molecule has 0 atom stereocenters. The van der Waals surface area contributed by atoms with Gasteiger partial charge in [0.2, 0.25) is 0 Å². The molecular weight excluding hydrogens is 321 g/mol. The van der Waals surface area contributed by atoms with Crippen LogP contribution in [0.4, 0.5) is 0 Å². The van der Waals surface area contributed by atoms with Crippen molar-refractivity contribution in [1.82, 2.24) is 10.6 Å². The third-order valence-corrected chi connectivity index (χ3v) is 1.76. The molecule has 6 heteroatoms. The number of rotatable bonds is 8. The Morgan fingerprint density at radius 1 is 1.19 bits per heavy atom. The first kappa shape index (κ1) is 18.3. The number of nitrogens with zero attached hydrogens (tertiary/aromatic N) is 1. The largest absolute Gasteiger partial charge is 0.382 e. The Morgan fingerprint density at radius 3 is 2.50 bits per heavy atom. The first-order chi connectivity index (χ1) is 7.35. The van der Waals surface area contributed by atoms with Gasteiger partial charge in [-0.1, -0.05) is 0 Å². The Balaban J connectivity index is 0. The van der Waals surface area contributed by atoms with Crippen molar-refractivity contribution in [1.29, 1.82) is 0 Å². The van der Waals surface area contributed by atoms with Crippen molar-refractivity contribution in [3.63, 3.8) is 0 Å². The smallest absolute Gasteiger partial charge is 0.190 e. The van der Waals surface area contributed by atoms with Crippen molar-refractivity contribution in [3.05, 3.63) is 0 Å². The monoisotopic (exact) mass is 345 g/mol. The van der Waals surface area contributed by atoms with Crippen molar-refractivity contribution < 1.29 is 9.47 Å². The molecule has 0 aliphatic heterocycles. The standard InChI is InChI=1S/C10H23N3O2.HI/c1-4-12-10(11-2)13-6-5-7-15-9-8-14-3;/h4-9H2,1-3H3,(H2,11,12,13);1H. The number of hydrogen-bond acceptors (Lipinski definition) is 3. The van der Waals surface area contributed by atoms with Crippen LogP contribution in [-0.2, 0) is 9.47 Å². The molecule has 0 rings (SSSR count). The highest BCUT2D eigenvalue weighted by molar-refractivity contribution is 14.0. The molecule has 0 aliphatic rings. The maximum absolute atomic E-state index is 5.32. The number of hydrogen-bond donors (Lipinski definition) is 2. The number of ether oxygens (including phenoxy) is 2. The number of aliphatic imine (C=N–C) groups is 1. The predicted molar refractivity (Wildman–Crippen MR) is 77.8 cm³/mol. The lowest BCUT2D eigenvalue weighted by Gasteiger charge is -2.10. The summed E-state index contributed by atoms with van der Waals surface area (Å²) in [6.07, 6.45) is 0.966. The van der Waals surface area contributed by atoms with Crippen molar-refractivity contribution in [2.24, 2.45) is 4.99 Å². The summed E-state index contributed by atoms with van der Waals surface area (Å²) in [6, 6.07) is 0. The average Bonchev–Trinajstić information content (AvgIpc) is 2.26. The first-order valence-corrected chi connectivity index (χ1v) is 5.36. The summed E-state index contributed by atoms with van der Waals surface area (Å²) in [5.74, 6) is 0.842. The molecule has 0 fully saturated rings. The van der Waals surface area contributed by atoms with Crippen LogP contribution in [0.25, 0.3) is 0 Å². The van der Waals surface area contributed by atoms with E-state index < -0.39 is 0 Å². The van der Waals surface area contributed by atoms with E-state index in [4.69, 9.17) is 9.47 Å². The minimum absolute atomic E-state index is 0. The van der Waals surface area contributed by atoms with E-state index in [2.05, 4.69) is 15.6 Å². The number of nitrogens with one attached hydrogen (secondary N) is 2. The molecule has 0 aromatic rings. The van der Waals surface area contributed by atoms with Crippen molar-refractivity contribution >= 4 is 29.9 Å². The van der Waals surface area contributed by atoms with E-state index in [-0.39, 0.29) is 24.0 Å². The maximum atomic E-state index is 5.32. The van der Waals surface area contributed by atoms with Gasteiger partial charge in [0.15, 0.2) is 5.96 Å². The molecule has 5 nitrogen and oxygen atoms in total. The topological polar surface area (TPSA) is 54.9 Å². The molecule has 0 saturated heterocycles. The van der Waals surface area contributed by atoms with E-state index in [1.165, 1.54) is 0 Å². The molecule has 0 spiro atoms. The zero-order chi connectivity index (χ0) is 11.4. The molecule has 0 amide bonds. The maximum Gasteiger partial charge on any atom is 0.190 e. The van der Waals surface area contributed by atoms with E-state index >= 15 is 0 Å². The fourth-order valence-corrected chi connectivity index (χ4v) is 1.01. The fraction of sp³-hybridized carbons (Fsp3) is 0.900. The molecule has 0 aliphatic carbocycles. The van der Waals surface area contributed by atoms with Gasteiger partial charge in [-0.2, -0.15) is 0 Å². The Hall–Kier alpha value is -0.0800. The molecule has 0 bridgehead atoms. The zero-order valence-electron chi connectivity index (χ0n) is 10.4. The second-order valence-corrected chi connectivity index (χ2v) is 2.99. The zero-order valence-corrected chi connectivity index (χ0v) is 12.7. The van der Waals surface area contributed by atoms with Gasteiger partial charge in [0.25, 0.3) is 0 Å². The molecule has 0 aromatic heterocycles. The van der Waals surface area contributed by atoms with Gasteiger partial charge in [0.1, 0.15) is 0 Å². The normalized spacial score (nSPS) is 10.8. The summed E-state index contributed by atoms with van der Waals surface area (Å²) >= 11 is 0. The second-order valence-electron chi connectivity index (χ2n) is 2.99. The van der Waals surface area contributed by atoms with Crippen molar-refractivity contribution in [3.8, 4) is 0 Å². The lowest BCUT2D eigenvalue weighted by Crippen LogP contribution is -2.37. The van der Waals surface area contributed by atoms with Crippen LogP contribution >= 0.6 is 24.0 Å². The van der Waals surface area contributed by atoms with Crippen LogP contribution in [0.15, 0.2) is 4.99 Å². The minimum atomic E-state index is 0. The van der Waals surface area contributed by atoms with Crippen LogP contribution in [0.1, 0.15) is 13.3 Å². The molecule has 0 heterocycles. The molecule has 0 saturated carbocycles. The van der Waals surface area contributed by atoms with Gasteiger partial charge in [0.05, 0.1) is 13.2 Å². The van der Waals surface area contributed by atoms with Gasteiger partial charge in [-0.15, -0.1) is 24.0 Å². The van der Waals surface area contributed by atoms with E-state index in [1.54, 1.807) is 14.2 Å². The minimum Gasteiger partial charge on any atom is -0.382 e. The first-order valence-electron chi connectivity index (χ1n) is 5.36. The Bertz CT molecular complexity index is 168. The second kappa shape index (κ2) is 14.9. The average molecular weight is 345 g/mol. The van der Waals surface area contributed by atoms with Crippen LogP contribution in [0, 0.1) is 0 Å². The van der Waals surface area contributed by atoms with Gasteiger partial charge < -0.3 is 20.1 Å². The highest BCUT2D eigenvalue weighted by atomic mass is 127. The third kappa shape index (κ3) is 12.0. The van der Waals surface area contributed by atoms with Crippen molar-refractivity contribution in [2.45, 2.75) is 13.3 Å². The SMILES string of the molecule is CCNC(=NC)NCCCOCCOC.I. The summed E-state index contributed by atoms with van der Waals surface area (Å²) < 4.78 is 10.2. The molecule has 2 N–H and O–H groups in total. The van der Waals surface area contributed by atoms with E-state index in [9.17, 15) is 0 Å². The van der Waals surface area contributed by atoms with Crippen LogP contribution in [0.2, 0.25) is 0 Å². The Labute approximate surface area is 115 Å². The van der Waals surface area contributed by atoms with Crippen LogP contribution < -0.4 is 10.6 Å². The number of guanidine groups is 1. The number of methoxy groups -OCH3 is 1. The summed E-state index contributed by atoms with van der Waals surface area (Å²) in [7, 11) is 3.44. The van der Waals surface area contributed by atoms with Crippen LogP contribution in [0.5, 0.6) is 0 Å². The molecule has 0 radical (unpaired) electrons. The Morgan fingerprint density at radius 2 is 1.94 bits per heavy atom. The summed E-state index contributed by atoms with van der Waals surface area (Å²) in [4.78, 5) is 4.06. The lowest BCUT2D eigenvalue weighted by molar-refractivity contribution is 0.0698. The van der Waals surface area contributed by atoms with E-state index in [0.29, 0.717) is 13.2 Å². The molecule has 98 valence electrons. The molecule has 0 unspecified atom stereocenters. The molecule has 0 aromatic carbocycles. The van der Waals surface area contributed by atoms with E-state index in [0.717, 1.165) is 32.1 Å². The highest BCUT2D eigenvalue weighted by Gasteiger charge is 1.94. The Kier molecular flexibility index (Phi) is 17.1. The van der Waals surface area contributed by atoms with Gasteiger partial charge in [0, 0.05) is 33.9 Å². The van der Waals surface area contributed by atoms with Crippen LogP contribution in [0.3, 0.4) is 0 Å². The number of halogens is 1. The third-order valence-electron chi connectivity index (χ3n) is 1.76.